The Labute approximate surface area is 93.8 Å². The summed E-state index contributed by atoms with van der Waals surface area (Å²) in [5.74, 6) is -1.51. The van der Waals surface area contributed by atoms with Crippen LogP contribution < -0.4 is 0 Å². The van der Waals surface area contributed by atoms with Crippen molar-refractivity contribution < 1.29 is 28.5 Å². The Morgan fingerprint density at radius 1 is 1.12 bits per heavy atom. The van der Waals surface area contributed by atoms with E-state index in [0.29, 0.717) is 6.61 Å². The molecule has 0 aliphatic carbocycles. The van der Waals surface area contributed by atoms with Crippen LogP contribution in [-0.2, 0) is 28.5 Å². The summed E-state index contributed by atoms with van der Waals surface area (Å²) < 4.78 is 19.9. The molecular formula is C10H16O6. The lowest BCUT2D eigenvalue weighted by Gasteiger charge is -2.32. The van der Waals surface area contributed by atoms with Gasteiger partial charge >= 0.3 is 11.9 Å². The highest BCUT2D eigenvalue weighted by molar-refractivity contribution is 6.04. The maximum absolute atomic E-state index is 11.7. The number of carbonyl (C=O) groups is 2. The van der Waals surface area contributed by atoms with E-state index in [0.717, 1.165) is 0 Å². The molecule has 1 aliphatic rings. The minimum Gasteiger partial charge on any atom is -0.463 e. The molecule has 16 heavy (non-hydrogen) atoms. The lowest BCUT2D eigenvalue weighted by molar-refractivity contribution is -0.213. The summed E-state index contributed by atoms with van der Waals surface area (Å²) in [6, 6.07) is 0. The Balaban J connectivity index is 2.82. The molecule has 0 aromatic heterocycles. The molecule has 1 saturated heterocycles. The standard InChI is InChI=1S/C10H16O6/c1-3-14-8(11)10(9(12)15-4-2)7-13-5-6-16-10/h3-7H2,1-2H3. The molecule has 1 aliphatic heterocycles. The fourth-order valence-electron chi connectivity index (χ4n) is 1.35. The van der Waals surface area contributed by atoms with Crippen LogP contribution in [0, 0.1) is 0 Å². The summed E-state index contributed by atoms with van der Waals surface area (Å²) in [4.78, 5) is 23.4. The third kappa shape index (κ3) is 2.51. The van der Waals surface area contributed by atoms with Crippen molar-refractivity contribution in [3.05, 3.63) is 0 Å². The summed E-state index contributed by atoms with van der Waals surface area (Å²) in [5.41, 5.74) is -1.75. The van der Waals surface area contributed by atoms with Crippen molar-refractivity contribution in [1.82, 2.24) is 0 Å². The van der Waals surface area contributed by atoms with Crippen LogP contribution in [0.3, 0.4) is 0 Å². The van der Waals surface area contributed by atoms with Crippen LogP contribution in [0.2, 0.25) is 0 Å². The number of esters is 2. The van der Waals surface area contributed by atoms with Crippen LogP contribution in [0.25, 0.3) is 0 Å². The first-order chi connectivity index (χ1) is 7.67. The Bertz CT molecular complexity index is 236. The molecule has 0 aromatic carbocycles. The molecule has 0 N–H and O–H groups in total. The molecule has 0 aromatic rings. The highest BCUT2D eigenvalue weighted by atomic mass is 16.6. The summed E-state index contributed by atoms with van der Waals surface area (Å²) in [7, 11) is 0. The van der Waals surface area contributed by atoms with Crippen molar-refractivity contribution in [1.29, 1.82) is 0 Å². The average molecular weight is 232 g/mol. The summed E-state index contributed by atoms with van der Waals surface area (Å²) in [5, 5.41) is 0. The van der Waals surface area contributed by atoms with Crippen LogP contribution in [-0.4, -0.2) is 50.6 Å². The third-order valence-corrected chi connectivity index (χ3v) is 2.09. The van der Waals surface area contributed by atoms with E-state index in [-0.39, 0.29) is 26.4 Å². The molecule has 1 fully saturated rings. The number of ether oxygens (including phenoxy) is 4. The van der Waals surface area contributed by atoms with Crippen LogP contribution in [0.1, 0.15) is 13.8 Å². The van der Waals surface area contributed by atoms with Crippen molar-refractivity contribution in [2.75, 3.05) is 33.0 Å². The molecule has 0 bridgehead atoms. The fourth-order valence-corrected chi connectivity index (χ4v) is 1.35. The second-order valence-corrected chi connectivity index (χ2v) is 3.17. The molecule has 0 saturated carbocycles. The molecule has 6 nitrogen and oxygen atoms in total. The average Bonchev–Trinajstić information content (AvgIpc) is 2.30. The second kappa shape index (κ2) is 5.81. The molecular weight excluding hydrogens is 216 g/mol. The number of rotatable bonds is 4. The summed E-state index contributed by atoms with van der Waals surface area (Å²) in [6.07, 6.45) is 0. The zero-order valence-electron chi connectivity index (χ0n) is 9.49. The number of carbonyl (C=O) groups excluding carboxylic acids is 2. The molecule has 6 heteroatoms. The first-order valence-corrected chi connectivity index (χ1v) is 5.23. The Morgan fingerprint density at radius 3 is 2.06 bits per heavy atom. The molecule has 0 spiro atoms. The van der Waals surface area contributed by atoms with Gasteiger partial charge in [-0.25, -0.2) is 9.59 Å². The van der Waals surface area contributed by atoms with Crippen LogP contribution in [0.4, 0.5) is 0 Å². The molecule has 92 valence electrons. The quantitative estimate of drug-likeness (QED) is 0.498. The van der Waals surface area contributed by atoms with Crippen LogP contribution in [0.5, 0.6) is 0 Å². The smallest absolute Gasteiger partial charge is 0.352 e. The van der Waals surface area contributed by atoms with E-state index in [1.165, 1.54) is 0 Å². The minimum atomic E-state index is -1.75. The van der Waals surface area contributed by atoms with E-state index in [9.17, 15) is 9.59 Å². The van der Waals surface area contributed by atoms with Gasteiger partial charge < -0.3 is 18.9 Å². The maximum atomic E-state index is 11.7. The van der Waals surface area contributed by atoms with E-state index in [4.69, 9.17) is 18.9 Å². The molecule has 0 amide bonds. The summed E-state index contributed by atoms with van der Waals surface area (Å²) >= 11 is 0. The van der Waals surface area contributed by atoms with E-state index in [2.05, 4.69) is 0 Å². The van der Waals surface area contributed by atoms with E-state index >= 15 is 0 Å². The van der Waals surface area contributed by atoms with Gasteiger partial charge in [-0.1, -0.05) is 0 Å². The Hall–Kier alpha value is -1.14. The molecule has 0 unspecified atom stereocenters. The van der Waals surface area contributed by atoms with Gasteiger partial charge in [-0.3, -0.25) is 0 Å². The molecule has 1 heterocycles. The molecule has 0 radical (unpaired) electrons. The predicted octanol–water partition coefficient (Wildman–Crippen LogP) is -0.102. The van der Waals surface area contributed by atoms with Gasteiger partial charge in [0.2, 0.25) is 0 Å². The van der Waals surface area contributed by atoms with Gasteiger partial charge in [-0.2, -0.15) is 0 Å². The maximum Gasteiger partial charge on any atom is 0.352 e. The SMILES string of the molecule is CCOC(=O)C1(C(=O)OCC)COCCO1. The van der Waals surface area contributed by atoms with Gasteiger partial charge in [0.05, 0.1) is 33.0 Å². The van der Waals surface area contributed by atoms with E-state index in [1.807, 2.05) is 0 Å². The van der Waals surface area contributed by atoms with E-state index in [1.54, 1.807) is 13.8 Å². The zero-order chi connectivity index (χ0) is 12.0. The summed E-state index contributed by atoms with van der Waals surface area (Å²) in [6.45, 7) is 4.00. The van der Waals surface area contributed by atoms with Gasteiger partial charge in [0.1, 0.15) is 0 Å². The largest absolute Gasteiger partial charge is 0.463 e. The van der Waals surface area contributed by atoms with Crippen molar-refractivity contribution in [2.24, 2.45) is 0 Å². The van der Waals surface area contributed by atoms with Gasteiger partial charge in [0.15, 0.2) is 0 Å². The first-order valence-electron chi connectivity index (χ1n) is 5.23. The number of hydrogen-bond donors (Lipinski definition) is 0. The fraction of sp³-hybridized carbons (Fsp3) is 0.800. The molecule has 0 atom stereocenters. The highest BCUT2D eigenvalue weighted by Gasteiger charge is 2.52. The minimum absolute atomic E-state index is 0.162. The van der Waals surface area contributed by atoms with E-state index < -0.39 is 17.5 Å². The van der Waals surface area contributed by atoms with Gasteiger partial charge in [-0.15, -0.1) is 0 Å². The topological polar surface area (TPSA) is 71.1 Å². The van der Waals surface area contributed by atoms with Crippen LogP contribution >= 0.6 is 0 Å². The highest BCUT2D eigenvalue weighted by Crippen LogP contribution is 2.20. The second-order valence-electron chi connectivity index (χ2n) is 3.17. The monoisotopic (exact) mass is 232 g/mol. The van der Waals surface area contributed by atoms with Gasteiger partial charge in [-0.05, 0) is 13.8 Å². The van der Waals surface area contributed by atoms with Gasteiger partial charge in [0, 0.05) is 0 Å². The lowest BCUT2D eigenvalue weighted by atomic mass is 10.1. The molecule has 1 rings (SSSR count). The lowest BCUT2D eigenvalue weighted by Crippen LogP contribution is -2.57. The number of hydrogen-bond acceptors (Lipinski definition) is 6. The van der Waals surface area contributed by atoms with Gasteiger partial charge in [0.25, 0.3) is 5.60 Å². The first kappa shape index (κ1) is 12.9. The Kier molecular flexibility index (Phi) is 4.70. The third-order valence-electron chi connectivity index (χ3n) is 2.09. The van der Waals surface area contributed by atoms with Crippen molar-refractivity contribution in [2.45, 2.75) is 19.4 Å². The van der Waals surface area contributed by atoms with Crippen molar-refractivity contribution >= 4 is 11.9 Å². The predicted molar refractivity (Wildman–Crippen MR) is 52.8 cm³/mol. The van der Waals surface area contributed by atoms with Crippen LogP contribution in [0.15, 0.2) is 0 Å². The zero-order valence-corrected chi connectivity index (χ0v) is 9.49. The van der Waals surface area contributed by atoms with Crippen molar-refractivity contribution in [3.8, 4) is 0 Å². The Morgan fingerprint density at radius 2 is 1.69 bits per heavy atom. The van der Waals surface area contributed by atoms with Crippen molar-refractivity contribution in [3.63, 3.8) is 0 Å². The normalized spacial score (nSPS) is 18.9.